The molecule has 1 aromatic carbocycles. The molecule has 1 unspecified atom stereocenters. The molecule has 1 aromatic rings. The summed E-state index contributed by atoms with van der Waals surface area (Å²) < 4.78 is 25.1. The molecule has 1 aliphatic carbocycles. The Balaban J connectivity index is 1.86. The molecule has 1 saturated carbocycles. The summed E-state index contributed by atoms with van der Waals surface area (Å²) in [6.45, 7) is 0. The number of ketones is 1. The minimum absolute atomic E-state index is 0.294. The van der Waals surface area contributed by atoms with Gasteiger partial charge in [0.1, 0.15) is 0 Å². The van der Waals surface area contributed by atoms with Crippen LogP contribution in [-0.4, -0.2) is 17.6 Å². The third kappa shape index (κ3) is 2.87. The molecule has 17 heavy (non-hydrogen) atoms. The Morgan fingerprint density at radius 1 is 1.29 bits per heavy atom. The van der Waals surface area contributed by atoms with Crippen molar-refractivity contribution in [3.05, 3.63) is 30.3 Å². The third-order valence-electron chi connectivity index (χ3n) is 2.67. The average Bonchev–Trinajstić information content (AvgIpc) is 2.87. The number of hydrogen-bond donors (Lipinski definition) is 1. The highest BCUT2D eigenvalue weighted by molar-refractivity contribution is 6.40. The molecule has 1 fully saturated rings. The zero-order valence-electron chi connectivity index (χ0n) is 8.95. The van der Waals surface area contributed by atoms with Crippen molar-refractivity contribution in [1.29, 1.82) is 0 Å². The second-order valence-electron chi connectivity index (χ2n) is 4.11. The predicted octanol–water partition coefficient (Wildman–Crippen LogP) is 2.24. The van der Waals surface area contributed by atoms with E-state index in [0.717, 1.165) is 0 Å². The fourth-order valence-corrected chi connectivity index (χ4v) is 1.53. The van der Waals surface area contributed by atoms with Gasteiger partial charge >= 0.3 is 0 Å². The number of carbonyl (C=O) groups excluding carboxylic acids is 2. The van der Waals surface area contributed by atoms with Crippen molar-refractivity contribution in [3.8, 4) is 0 Å². The van der Waals surface area contributed by atoms with Crippen LogP contribution in [0.3, 0.4) is 0 Å². The Labute approximate surface area is 96.8 Å². The quantitative estimate of drug-likeness (QED) is 0.819. The number of Topliss-reactive ketones (excluding diaryl/α,β-unsaturated/α-hetero) is 1. The highest BCUT2D eigenvalue weighted by Crippen LogP contribution is 2.50. The van der Waals surface area contributed by atoms with Gasteiger partial charge in [-0.05, 0) is 12.1 Å². The van der Waals surface area contributed by atoms with E-state index in [-0.39, 0.29) is 12.8 Å². The first-order valence-electron chi connectivity index (χ1n) is 5.26. The molecular weight excluding hydrogens is 228 g/mol. The van der Waals surface area contributed by atoms with E-state index in [9.17, 15) is 18.4 Å². The van der Waals surface area contributed by atoms with Crippen molar-refractivity contribution >= 4 is 17.4 Å². The maximum Gasteiger partial charge on any atom is 0.291 e. The van der Waals surface area contributed by atoms with E-state index in [1.165, 1.54) is 0 Å². The molecule has 0 spiro atoms. The summed E-state index contributed by atoms with van der Waals surface area (Å²) in [4.78, 5) is 22.7. The fourth-order valence-electron chi connectivity index (χ4n) is 1.53. The highest BCUT2D eigenvalue weighted by atomic mass is 19.3. The number of carbonyl (C=O) groups is 2. The van der Waals surface area contributed by atoms with E-state index in [4.69, 9.17) is 0 Å². The van der Waals surface area contributed by atoms with Crippen LogP contribution in [0.4, 0.5) is 14.5 Å². The van der Waals surface area contributed by atoms with Gasteiger partial charge in [0.05, 0.1) is 0 Å². The molecule has 1 amide bonds. The second kappa shape index (κ2) is 4.24. The van der Waals surface area contributed by atoms with Gasteiger partial charge in [0.2, 0.25) is 5.78 Å². The zero-order valence-corrected chi connectivity index (χ0v) is 8.95. The molecule has 2 rings (SSSR count). The lowest BCUT2D eigenvalue weighted by Gasteiger charge is -2.03. The number of amides is 1. The molecule has 1 aliphatic rings. The molecule has 0 aromatic heterocycles. The number of rotatable bonds is 4. The van der Waals surface area contributed by atoms with Gasteiger partial charge in [0.25, 0.3) is 11.8 Å². The van der Waals surface area contributed by atoms with E-state index in [2.05, 4.69) is 5.32 Å². The number of benzene rings is 1. The van der Waals surface area contributed by atoms with Crippen LogP contribution >= 0.6 is 0 Å². The van der Waals surface area contributed by atoms with Gasteiger partial charge in [-0.3, -0.25) is 9.59 Å². The largest absolute Gasteiger partial charge is 0.319 e. The van der Waals surface area contributed by atoms with Crippen LogP contribution in [0.15, 0.2) is 30.3 Å². The van der Waals surface area contributed by atoms with E-state index in [1.807, 2.05) is 0 Å². The summed E-state index contributed by atoms with van der Waals surface area (Å²) >= 11 is 0. The minimum Gasteiger partial charge on any atom is -0.319 e. The van der Waals surface area contributed by atoms with Crippen LogP contribution in [-0.2, 0) is 9.59 Å². The first kappa shape index (κ1) is 11.7. The second-order valence-corrected chi connectivity index (χ2v) is 4.11. The van der Waals surface area contributed by atoms with Crippen LogP contribution in [0.1, 0.15) is 12.8 Å². The predicted molar refractivity (Wildman–Crippen MR) is 57.7 cm³/mol. The summed E-state index contributed by atoms with van der Waals surface area (Å²) in [6.07, 6.45) is -0.678. The number of nitrogens with one attached hydrogen (secondary N) is 1. The Morgan fingerprint density at radius 3 is 2.41 bits per heavy atom. The number of halogens is 2. The molecule has 5 heteroatoms. The van der Waals surface area contributed by atoms with Crippen LogP contribution in [0.25, 0.3) is 0 Å². The summed E-state index contributed by atoms with van der Waals surface area (Å²) in [5, 5.41) is 2.37. The standard InChI is InChI=1S/C12H11F2NO2/c13-12(14)7-8(12)6-10(16)11(17)15-9-4-2-1-3-5-9/h1-5,8H,6-7H2,(H,15,17). The average molecular weight is 239 g/mol. The molecule has 0 aliphatic heterocycles. The lowest BCUT2D eigenvalue weighted by Crippen LogP contribution is -2.23. The van der Waals surface area contributed by atoms with Crippen molar-refractivity contribution in [2.24, 2.45) is 5.92 Å². The van der Waals surface area contributed by atoms with Crippen molar-refractivity contribution < 1.29 is 18.4 Å². The summed E-state index contributed by atoms with van der Waals surface area (Å²) in [6, 6.07) is 8.42. The molecule has 0 radical (unpaired) electrons. The molecule has 90 valence electrons. The highest BCUT2D eigenvalue weighted by Gasteiger charge is 2.57. The van der Waals surface area contributed by atoms with E-state index in [0.29, 0.717) is 5.69 Å². The molecule has 1 atom stereocenters. The van der Waals surface area contributed by atoms with Crippen molar-refractivity contribution in [2.75, 3.05) is 5.32 Å². The van der Waals surface area contributed by atoms with E-state index < -0.39 is 23.5 Å². The lowest BCUT2D eigenvalue weighted by atomic mass is 10.2. The first-order valence-corrected chi connectivity index (χ1v) is 5.26. The fraction of sp³-hybridized carbons (Fsp3) is 0.333. The van der Waals surface area contributed by atoms with Gasteiger partial charge in [0, 0.05) is 24.4 Å². The molecular formula is C12H11F2NO2. The summed E-state index contributed by atoms with van der Waals surface area (Å²) in [7, 11) is 0. The van der Waals surface area contributed by atoms with Gasteiger partial charge in [-0.1, -0.05) is 18.2 Å². The number of para-hydroxylation sites is 1. The molecule has 1 N–H and O–H groups in total. The van der Waals surface area contributed by atoms with Crippen LogP contribution in [0.2, 0.25) is 0 Å². The minimum atomic E-state index is -2.76. The maximum atomic E-state index is 12.6. The van der Waals surface area contributed by atoms with Crippen LogP contribution in [0.5, 0.6) is 0 Å². The monoisotopic (exact) mass is 239 g/mol. The van der Waals surface area contributed by atoms with Crippen molar-refractivity contribution in [1.82, 2.24) is 0 Å². The lowest BCUT2D eigenvalue weighted by molar-refractivity contribution is -0.135. The normalized spacial score (nSPS) is 20.7. The third-order valence-corrected chi connectivity index (χ3v) is 2.67. The Kier molecular flexibility index (Phi) is 2.92. The molecule has 0 bridgehead atoms. The van der Waals surface area contributed by atoms with Crippen LogP contribution < -0.4 is 5.32 Å². The number of alkyl halides is 2. The van der Waals surface area contributed by atoms with Crippen molar-refractivity contribution in [3.63, 3.8) is 0 Å². The molecule has 0 saturated heterocycles. The van der Waals surface area contributed by atoms with Gasteiger partial charge in [0.15, 0.2) is 0 Å². The first-order chi connectivity index (χ1) is 7.99. The topological polar surface area (TPSA) is 46.2 Å². The van der Waals surface area contributed by atoms with Gasteiger partial charge in [-0.25, -0.2) is 8.78 Å². The number of anilines is 1. The van der Waals surface area contributed by atoms with Gasteiger partial charge in [-0.15, -0.1) is 0 Å². The Morgan fingerprint density at radius 2 is 1.88 bits per heavy atom. The van der Waals surface area contributed by atoms with Gasteiger partial charge in [-0.2, -0.15) is 0 Å². The van der Waals surface area contributed by atoms with E-state index >= 15 is 0 Å². The Hall–Kier alpha value is -1.78. The maximum absolute atomic E-state index is 12.6. The van der Waals surface area contributed by atoms with E-state index in [1.54, 1.807) is 30.3 Å². The van der Waals surface area contributed by atoms with Crippen molar-refractivity contribution in [2.45, 2.75) is 18.8 Å². The van der Waals surface area contributed by atoms with Gasteiger partial charge < -0.3 is 5.32 Å². The molecule has 0 heterocycles. The zero-order chi connectivity index (χ0) is 12.5. The molecule has 3 nitrogen and oxygen atoms in total. The summed E-state index contributed by atoms with van der Waals surface area (Å²) in [5.74, 6) is -5.35. The Bertz CT molecular complexity index is 445. The number of hydrogen-bond acceptors (Lipinski definition) is 2. The SMILES string of the molecule is O=C(CC1CC1(F)F)C(=O)Nc1ccccc1. The smallest absolute Gasteiger partial charge is 0.291 e. The summed E-state index contributed by atoms with van der Waals surface area (Å²) in [5.41, 5.74) is 0.480. The van der Waals surface area contributed by atoms with Crippen LogP contribution in [0, 0.1) is 5.92 Å².